The molecule has 5 heteroatoms. The van der Waals surface area contributed by atoms with Gasteiger partial charge in [-0.1, -0.05) is 6.92 Å². The molecule has 0 aromatic carbocycles. The van der Waals surface area contributed by atoms with Crippen LogP contribution in [0.3, 0.4) is 0 Å². The fourth-order valence-corrected chi connectivity index (χ4v) is 3.19. The van der Waals surface area contributed by atoms with E-state index in [-0.39, 0.29) is 11.5 Å². The van der Waals surface area contributed by atoms with Crippen molar-refractivity contribution in [1.82, 2.24) is 14.8 Å². The number of carbonyl (C=O) groups excluding carboxylic acids is 1. The van der Waals surface area contributed by atoms with Crippen LogP contribution in [0.25, 0.3) is 0 Å². The minimum atomic E-state index is -0.166. The van der Waals surface area contributed by atoms with Crippen molar-refractivity contribution in [3.8, 4) is 0 Å². The minimum Gasteiger partial charge on any atom is -0.333 e. The standard InChI is InChI=1S/C16H23N3O2/c1-2-18-9-7-14(8-10-18)19(13-4-5-13)16(21)12-3-6-15(20)17-11-12/h3,6,11,13-14H,2,4-5,7-10H2,1H3,(H,17,20). The summed E-state index contributed by atoms with van der Waals surface area (Å²) in [4.78, 5) is 31.0. The first kappa shape index (κ1) is 14.3. The third-order valence-electron chi connectivity index (χ3n) is 4.60. The van der Waals surface area contributed by atoms with E-state index in [9.17, 15) is 9.59 Å². The van der Waals surface area contributed by atoms with Gasteiger partial charge in [-0.3, -0.25) is 9.59 Å². The lowest BCUT2D eigenvalue weighted by atomic mass is 10.0. The van der Waals surface area contributed by atoms with Crippen molar-refractivity contribution in [2.75, 3.05) is 19.6 Å². The number of H-pyrrole nitrogens is 1. The first-order valence-electron chi connectivity index (χ1n) is 7.93. The van der Waals surface area contributed by atoms with Gasteiger partial charge in [0.05, 0.1) is 5.56 Å². The number of carbonyl (C=O) groups is 1. The molecule has 1 aliphatic carbocycles. The molecule has 1 aromatic heterocycles. The van der Waals surface area contributed by atoms with Crippen LogP contribution in [0.5, 0.6) is 0 Å². The zero-order valence-electron chi connectivity index (χ0n) is 12.5. The highest BCUT2D eigenvalue weighted by Gasteiger charge is 2.38. The summed E-state index contributed by atoms with van der Waals surface area (Å²) in [7, 11) is 0. The Kier molecular flexibility index (Phi) is 4.10. The summed E-state index contributed by atoms with van der Waals surface area (Å²) in [5.41, 5.74) is 0.431. The predicted molar refractivity (Wildman–Crippen MR) is 81.4 cm³/mol. The summed E-state index contributed by atoms with van der Waals surface area (Å²) >= 11 is 0. The molecule has 1 N–H and O–H groups in total. The Morgan fingerprint density at radius 3 is 2.43 bits per heavy atom. The number of pyridine rings is 1. The summed E-state index contributed by atoms with van der Waals surface area (Å²) in [6.45, 7) is 5.42. The largest absolute Gasteiger partial charge is 0.333 e. The van der Waals surface area contributed by atoms with Crippen molar-refractivity contribution >= 4 is 5.91 Å². The summed E-state index contributed by atoms with van der Waals surface area (Å²) < 4.78 is 0. The van der Waals surface area contributed by atoms with Crippen LogP contribution in [0.15, 0.2) is 23.1 Å². The lowest BCUT2D eigenvalue weighted by molar-refractivity contribution is 0.0554. The maximum absolute atomic E-state index is 12.8. The van der Waals surface area contributed by atoms with Gasteiger partial charge >= 0.3 is 0 Å². The van der Waals surface area contributed by atoms with Gasteiger partial charge in [0.1, 0.15) is 0 Å². The Morgan fingerprint density at radius 1 is 1.24 bits per heavy atom. The molecule has 21 heavy (non-hydrogen) atoms. The fourth-order valence-electron chi connectivity index (χ4n) is 3.19. The van der Waals surface area contributed by atoms with Gasteiger partial charge in [-0.25, -0.2) is 0 Å². The monoisotopic (exact) mass is 289 g/mol. The number of aromatic amines is 1. The highest BCUT2D eigenvalue weighted by atomic mass is 16.2. The van der Waals surface area contributed by atoms with E-state index in [4.69, 9.17) is 0 Å². The van der Waals surface area contributed by atoms with Crippen LogP contribution in [-0.2, 0) is 0 Å². The second kappa shape index (κ2) is 6.02. The normalized spacial score (nSPS) is 20.4. The minimum absolute atomic E-state index is 0.0729. The smallest absolute Gasteiger partial charge is 0.255 e. The highest BCUT2D eigenvalue weighted by Crippen LogP contribution is 2.33. The number of hydrogen-bond donors (Lipinski definition) is 1. The number of hydrogen-bond acceptors (Lipinski definition) is 3. The molecule has 1 aromatic rings. The first-order valence-corrected chi connectivity index (χ1v) is 7.93. The molecule has 0 radical (unpaired) electrons. The topological polar surface area (TPSA) is 56.4 Å². The molecular weight excluding hydrogens is 266 g/mol. The van der Waals surface area contributed by atoms with Crippen molar-refractivity contribution in [2.45, 2.75) is 44.7 Å². The first-order chi connectivity index (χ1) is 10.2. The van der Waals surface area contributed by atoms with Crippen LogP contribution in [-0.4, -0.2) is 52.4 Å². The van der Waals surface area contributed by atoms with Crippen LogP contribution in [0.4, 0.5) is 0 Å². The van der Waals surface area contributed by atoms with E-state index in [1.165, 1.54) is 6.07 Å². The molecule has 2 fully saturated rings. The zero-order valence-corrected chi connectivity index (χ0v) is 12.5. The van der Waals surface area contributed by atoms with Crippen LogP contribution < -0.4 is 5.56 Å². The van der Waals surface area contributed by atoms with Crippen LogP contribution in [0.1, 0.15) is 43.0 Å². The van der Waals surface area contributed by atoms with Gasteiger partial charge < -0.3 is 14.8 Å². The molecule has 0 unspecified atom stereocenters. The molecule has 1 saturated heterocycles. The van der Waals surface area contributed by atoms with Gasteiger partial charge in [-0.15, -0.1) is 0 Å². The van der Waals surface area contributed by atoms with Crippen molar-refractivity contribution in [1.29, 1.82) is 0 Å². The molecule has 114 valence electrons. The van der Waals surface area contributed by atoms with Crippen LogP contribution in [0, 0.1) is 0 Å². The van der Waals surface area contributed by atoms with Crippen molar-refractivity contribution in [2.24, 2.45) is 0 Å². The predicted octanol–water partition coefficient (Wildman–Crippen LogP) is 1.46. The molecule has 0 bridgehead atoms. The van der Waals surface area contributed by atoms with Gasteiger partial charge in [0.15, 0.2) is 0 Å². The highest BCUT2D eigenvalue weighted by molar-refractivity contribution is 5.94. The van der Waals surface area contributed by atoms with Crippen molar-refractivity contribution in [3.05, 3.63) is 34.2 Å². The summed E-state index contributed by atoms with van der Waals surface area (Å²) in [5, 5.41) is 0. The molecule has 2 heterocycles. The Balaban J connectivity index is 1.74. The average Bonchev–Trinajstić information content (AvgIpc) is 3.33. The van der Waals surface area contributed by atoms with E-state index in [2.05, 4.69) is 21.7 Å². The van der Waals surface area contributed by atoms with E-state index < -0.39 is 0 Å². The molecule has 1 aliphatic heterocycles. The Hall–Kier alpha value is -1.62. The van der Waals surface area contributed by atoms with Crippen LogP contribution in [0.2, 0.25) is 0 Å². The van der Waals surface area contributed by atoms with E-state index in [0.717, 1.165) is 45.3 Å². The summed E-state index contributed by atoms with van der Waals surface area (Å²) in [5.74, 6) is 0.0729. The second-order valence-corrected chi connectivity index (χ2v) is 6.05. The third-order valence-corrected chi connectivity index (χ3v) is 4.60. The third kappa shape index (κ3) is 3.18. The van der Waals surface area contributed by atoms with E-state index in [1.807, 2.05) is 0 Å². The molecule has 0 atom stereocenters. The number of rotatable bonds is 4. The molecular formula is C16H23N3O2. The SMILES string of the molecule is CCN1CCC(N(C(=O)c2ccc(=O)[nH]c2)C2CC2)CC1. The Bertz CT molecular complexity index is 536. The lowest BCUT2D eigenvalue weighted by Crippen LogP contribution is -2.48. The molecule has 5 nitrogen and oxygen atoms in total. The quantitative estimate of drug-likeness (QED) is 0.913. The number of nitrogens with one attached hydrogen (secondary N) is 1. The number of nitrogens with zero attached hydrogens (tertiary/aromatic N) is 2. The lowest BCUT2D eigenvalue weighted by Gasteiger charge is -2.38. The maximum Gasteiger partial charge on any atom is 0.255 e. The number of likely N-dealkylation sites (tertiary alicyclic amines) is 1. The Morgan fingerprint density at radius 2 is 1.90 bits per heavy atom. The van der Waals surface area contributed by atoms with E-state index in [0.29, 0.717) is 17.6 Å². The van der Waals surface area contributed by atoms with Crippen molar-refractivity contribution < 1.29 is 4.79 Å². The maximum atomic E-state index is 12.8. The number of amides is 1. The van der Waals surface area contributed by atoms with E-state index in [1.54, 1.807) is 12.3 Å². The fraction of sp³-hybridized carbons (Fsp3) is 0.625. The van der Waals surface area contributed by atoms with Crippen molar-refractivity contribution in [3.63, 3.8) is 0 Å². The average molecular weight is 289 g/mol. The molecule has 1 saturated carbocycles. The molecule has 2 aliphatic rings. The van der Waals surface area contributed by atoms with Gasteiger partial charge in [0.25, 0.3) is 5.91 Å². The molecule has 3 rings (SSSR count). The number of piperidine rings is 1. The zero-order chi connectivity index (χ0) is 14.8. The van der Waals surface area contributed by atoms with Gasteiger partial charge in [-0.05, 0) is 38.3 Å². The summed E-state index contributed by atoms with van der Waals surface area (Å²) in [6, 6.07) is 3.82. The van der Waals surface area contributed by atoms with Gasteiger partial charge in [-0.2, -0.15) is 0 Å². The van der Waals surface area contributed by atoms with Gasteiger partial charge in [0.2, 0.25) is 5.56 Å². The summed E-state index contributed by atoms with van der Waals surface area (Å²) in [6.07, 6.45) is 5.88. The van der Waals surface area contributed by atoms with Gasteiger partial charge in [0, 0.05) is 37.4 Å². The number of aromatic nitrogens is 1. The molecule has 1 amide bonds. The van der Waals surface area contributed by atoms with E-state index >= 15 is 0 Å². The Labute approximate surface area is 124 Å². The second-order valence-electron chi connectivity index (χ2n) is 6.05. The van der Waals surface area contributed by atoms with Crippen LogP contribution >= 0.6 is 0 Å². The molecule has 0 spiro atoms.